The lowest BCUT2D eigenvalue weighted by Gasteiger charge is -2.18. The Hall–Kier alpha value is -1.12. The van der Waals surface area contributed by atoms with Crippen LogP contribution in [0.3, 0.4) is 0 Å². The van der Waals surface area contributed by atoms with Crippen LogP contribution in [0.4, 0.5) is 0 Å². The number of benzene rings is 1. The minimum absolute atomic E-state index is 0.496. The third-order valence-corrected chi connectivity index (χ3v) is 4.08. The van der Waals surface area contributed by atoms with Crippen LogP contribution < -0.4 is 5.32 Å². The number of nitrogens with one attached hydrogen (secondary N) is 1. The quantitative estimate of drug-likeness (QED) is 0.776. The standard InChI is InChI=1S/C16H21NS/c1-2-17-16(14-8-4-3-5-9-14)12-6-10-15-11-7-13-18-15/h3-5,7-9,11,13,16-17H,2,6,10,12H2,1H3. The van der Waals surface area contributed by atoms with Crippen LogP contribution in [0.2, 0.25) is 0 Å². The van der Waals surface area contributed by atoms with Crippen molar-refractivity contribution in [2.45, 2.75) is 32.2 Å². The van der Waals surface area contributed by atoms with Crippen molar-refractivity contribution >= 4 is 11.3 Å². The van der Waals surface area contributed by atoms with Gasteiger partial charge in [0.25, 0.3) is 0 Å². The van der Waals surface area contributed by atoms with Crippen molar-refractivity contribution in [2.24, 2.45) is 0 Å². The Morgan fingerprint density at radius 3 is 2.61 bits per heavy atom. The van der Waals surface area contributed by atoms with Crippen LogP contribution in [0.5, 0.6) is 0 Å². The normalized spacial score (nSPS) is 12.5. The van der Waals surface area contributed by atoms with Crippen molar-refractivity contribution in [1.82, 2.24) is 5.32 Å². The lowest BCUT2D eigenvalue weighted by Crippen LogP contribution is -2.20. The molecule has 0 aliphatic heterocycles. The maximum Gasteiger partial charge on any atom is 0.0320 e. The number of aryl methyl sites for hydroxylation is 1. The fourth-order valence-corrected chi connectivity index (χ4v) is 3.00. The molecule has 0 saturated heterocycles. The molecule has 0 radical (unpaired) electrons. The first kappa shape index (κ1) is 13.3. The van der Waals surface area contributed by atoms with Gasteiger partial charge >= 0.3 is 0 Å². The number of rotatable bonds is 7. The van der Waals surface area contributed by atoms with E-state index in [4.69, 9.17) is 0 Å². The molecule has 2 heteroatoms. The van der Waals surface area contributed by atoms with E-state index in [1.165, 1.54) is 29.7 Å². The van der Waals surface area contributed by atoms with Gasteiger partial charge in [0.1, 0.15) is 0 Å². The van der Waals surface area contributed by atoms with Crippen LogP contribution in [-0.2, 0) is 6.42 Å². The largest absolute Gasteiger partial charge is 0.310 e. The zero-order valence-corrected chi connectivity index (χ0v) is 11.7. The Balaban J connectivity index is 1.87. The fraction of sp³-hybridized carbons (Fsp3) is 0.375. The molecule has 0 spiro atoms. The molecule has 0 aliphatic rings. The van der Waals surface area contributed by atoms with E-state index in [2.05, 4.69) is 60.1 Å². The molecular formula is C16H21NS. The van der Waals surface area contributed by atoms with E-state index in [0.29, 0.717) is 6.04 Å². The third kappa shape index (κ3) is 3.97. The van der Waals surface area contributed by atoms with Gasteiger partial charge in [0, 0.05) is 10.9 Å². The molecule has 2 aromatic rings. The minimum atomic E-state index is 0.496. The van der Waals surface area contributed by atoms with Gasteiger partial charge in [-0.2, -0.15) is 0 Å². The highest BCUT2D eigenvalue weighted by atomic mass is 32.1. The molecule has 0 bridgehead atoms. The van der Waals surface area contributed by atoms with Gasteiger partial charge in [-0.15, -0.1) is 11.3 Å². The van der Waals surface area contributed by atoms with Crippen molar-refractivity contribution < 1.29 is 0 Å². The summed E-state index contributed by atoms with van der Waals surface area (Å²) in [5.41, 5.74) is 1.41. The van der Waals surface area contributed by atoms with Crippen molar-refractivity contribution in [3.8, 4) is 0 Å². The molecule has 96 valence electrons. The molecule has 18 heavy (non-hydrogen) atoms. The first-order chi connectivity index (χ1) is 8.90. The molecular weight excluding hydrogens is 238 g/mol. The predicted octanol–water partition coefficient (Wildman–Crippen LogP) is 4.42. The highest BCUT2D eigenvalue weighted by Crippen LogP contribution is 2.20. The fourth-order valence-electron chi connectivity index (χ4n) is 2.25. The zero-order chi connectivity index (χ0) is 12.6. The summed E-state index contributed by atoms with van der Waals surface area (Å²) in [5.74, 6) is 0. The minimum Gasteiger partial charge on any atom is -0.310 e. The van der Waals surface area contributed by atoms with Gasteiger partial charge in [0.2, 0.25) is 0 Å². The van der Waals surface area contributed by atoms with Gasteiger partial charge in [-0.1, -0.05) is 43.3 Å². The number of hydrogen-bond donors (Lipinski definition) is 1. The Bertz CT molecular complexity index is 422. The molecule has 1 atom stereocenters. The number of thiophene rings is 1. The van der Waals surface area contributed by atoms with E-state index in [-0.39, 0.29) is 0 Å². The maximum atomic E-state index is 3.58. The molecule has 1 aromatic carbocycles. The van der Waals surface area contributed by atoms with Gasteiger partial charge < -0.3 is 5.32 Å². The first-order valence-electron chi connectivity index (χ1n) is 6.71. The van der Waals surface area contributed by atoms with E-state index in [9.17, 15) is 0 Å². The second kappa shape index (κ2) is 7.34. The van der Waals surface area contributed by atoms with Crippen LogP contribution in [0.1, 0.15) is 36.2 Å². The topological polar surface area (TPSA) is 12.0 Å². The van der Waals surface area contributed by atoms with Gasteiger partial charge in [-0.3, -0.25) is 0 Å². The van der Waals surface area contributed by atoms with Crippen molar-refractivity contribution in [2.75, 3.05) is 6.54 Å². The van der Waals surface area contributed by atoms with Crippen LogP contribution in [0, 0.1) is 0 Å². The third-order valence-electron chi connectivity index (χ3n) is 3.15. The van der Waals surface area contributed by atoms with Crippen LogP contribution in [0.25, 0.3) is 0 Å². The summed E-state index contributed by atoms with van der Waals surface area (Å²) in [6.45, 7) is 3.20. The second-order valence-corrected chi connectivity index (χ2v) is 5.52. The zero-order valence-electron chi connectivity index (χ0n) is 10.9. The summed E-state index contributed by atoms with van der Waals surface area (Å²) < 4.78 is 0. The highest BCUT2D eigenvalue weighted by molar-refractivity contribution is 7.09. The smallest absolute Gasteiger partial charge is 0.0320 e. The molecule has 1 heterocycles. The van der Waals surface area contributed by atoms with Crippen LogP contribution in [-0.4, -0.2) is 6.54 Å². The van der Waals surface area contributed by atoms with Gasteiger partial charge in [-0.25, -0.2) is 0 Å². The van der Waals surface area contributed by atoms with Gasteiger partial charge in [-0.05, 0) is 42.8 Å². The molecule has 1 nitrogen and oxygen atoms in total. The Morgan fingerprint density at radius 1 is 1.11 bits per heavy atom. The molecule has 1 unspecified atom stereocenters. The van der Waals surface area contributed by atoms with Crippen molar-refractivity contribution in [3.63, 3.8) is 0 Å². The SMILES string of the molecule is CCNC(CCCc1cccs1)c1ccccc1. The second-order valence-electron chi connectivity index (χ2n) is 4.49. The predicted molar refractivity (Wildman–Crippen MR) is 80.1 cm³/mol. The number of hydrogen-bond acceptors (Lipinski definition) is 2. The Kier molecular flexibility index (Phi) is 5.43. The average Bonchev–Trinajstić information content (AvgIpc) is 2.92. The molecule has 2 rings (SSSR count). The van der Waals surface area contributed by atoms with Gasteiger partial charge in [0.15, 0.2) is 0 Å². The molecule has 0 saturated carbocycles. The summed E-state index contributed by atoms with van der Waals surface area (Å²) >= 11 is 1.86. The lowest BCUT2D eigenvalue weighted by atomic mass is 10.0. The molecule has 0 fully saturated rings. The summed E-state index contributed by atoms with van der Waals surface area (Å²) in [4.78, 5) is 1.50. The highest BCUT2D eigenvalue weighted by Gasteiger charge is 2.09. The molecule has 0 amide bonds. The van der Waals surface area contributed by atoms with E-state index >= 15 is 0 Å². The van der Waals surface area contributed by atoms with Crippen molar-refractivity contribution in [1.29, 1.82) is 0 Å². The van der Waals surface area contributed by atoms with E-state index in [0.717, 1.165) is 6.54 Å². The summed E-state index contributed by atoms with van der Waals surface area (Å²) in [5, 5.41) is 5.74. The van der Waals surface area contributed by atoms with E-state index < -0.39 is 0 Å². The Morgan fingerprint density at radius 2 is 1.94 bits per heavy atom. The molecule has 1 N–H and O–H groups in total. The summed E-state index contributed by atoms with van der Waals surface area (Å²) in [6.07, 6.45) is 3.65. The summed E-state index contributed by atoms with van der Waals surface area (Å²) in [6, 6.07) is 15.6. The van der Waals surface area contributed by atoms with Crippen molar-refractivity contribution in [3.05, 3.63) is 58.3 Å². The lowest BCUT2D eigenvalue weighted by molar-refractivity contribution is 0.499. The average molecular weight is 259 g/mol. The maximum absolute atomic E-state index is 3.58. The summed E-state index contributed by atoms with van der Waals surface area (Å²) in [7, 11) is 0. The molecule has 1 aromatic heterocycles. The van der Waals surface area contributed by atoms with E-state index in [1.807, 2.05) is 11.3 Å². The molecule has 0 aliphatic carbocycles. The monoisotopic (exact) mass is 259 g/mol. The first-order valence-corrected chi connectivity index (χ1v) is 7.59. The van der Waals surface area contributed by atoms with Crippen LogP contribution >= 0.6 is 11.3 Å². The van der Waals surface area contributed by atoms with Gasteiger partial charge in [0.05, 0.1) is 0 Å². The van der Waals surface area contributed by atoms with E-state index in [1.54, 1.807) is 0 Å². The Labute approximate surface area is 114 Å². The van der Waals surface area contributed by atoms with Crippen LogP contribution in [0.15, 0.2) is 47.8 Å².